The van der Waals surface area contributed by atoms with Crippen LogP contribution < -0.4 is 0 Å². The molecule has 5 saturated heterocycles. The lowest BCUT2D eigenvalue weighted by molar-refractivity contribution is 0.0166. The Kier molecular flexibility index (Phi) is 32.4. The summed E-state index contributed by atoms with van der Waals surface area (Å²) in [7, 11) is 1.44. The first-order valence-corrected chi connectivity index (χ1v) is 29.5. The first-order valence-electron chi connectivity index (χ1n) is 29.5. The van der Waals surface area contributed by atoms with Gasteiger partial charge in [0, 0.05) is 65.4 Å². The van der Waals surface area contributed by atoms with Crippen molar-refractivity contribution in [3.05, 3.63) is 0 Å². The molecule has 0 radical (unpaired) electrons. The van der Waals surface area contributed by atoms with Crippen molar-refractivity contribution >= 4 is 30.5 Å². The molecule has 5 heterocycles. The highest BCUT2D eigenvalue weighted by molar-refractivity contribution is 5.69. The highest BCUT2D eigenvalue weighted by atomic mass is 16.6. The average molecular weight is 1070 g/mol. The van der Waals surface area contributed by atoms with Gasteiger partial charge < -0.3 is 48.2 Å². The van der Waals surface area contributed by atoms with Gasteiger partial charge in [0.25, 0.3) is 0 Å². The number of likely N-dealkylation sites (tertiary alicyclic amines) is 5. The second-order valence-corrected chi connectivity index (χ2v) is 26.0. The number of hydrogen-bond donors (Lipinski definition) is 0. The molecule has 5 aliphatic heterocycles. The average Bonchev–Trinajstić information content (AvgIpc) is 3.35. The first-order chi connectivity index (χ1) is 34.9. The molecule has 5 fully saturated rings. The van der Waals surface area contributed by atoms with E-state index in [0.29, 0.717) is 13.2 Å². The van der Waals surface area contributed by atoms with Gasteiger partial charge in [-0.3, -0.25) is 0 Å². The zero-order chi connectivity index (χ0) is 57.2. The molecule has 440 valence electrons. The van der Waals surface area contributed by atoms with Crippen molar-refractivity contribution in [3.63, 3.8) is 0 Å². The van der Waals surface area contributed by atoms with Gasteiger partial charge in [-0.1, -0.05) is 90.0 Å². The number of ether oxygens (including phenoxy) is 5. The van der Waals surface area contributed by atoms with Crippen molar-refractivity contribution in [1.82, 2.24) is 24.5 Å². The van der Waals surface area contributed by atoms with Crippen LogP contribution in [-0.2, 0) is 23.7 Å². The van der Waals surface area contributed by atoms with E-state index in [1.54, 1.807) is 4.90 Å². The summed E-state index contributed by atoms with van der Waals surface area (Å²) in [5, 5.41) is 0. The van der Waals surface area contributed by atoms with Gasteiger partial charge in [0.1, 0.15) is 5.60 Å². The van der Waals surface area contributed by atoms with Crippen LogP contribution in [0.5, 0.6) is 0 Å². The summed E-state index contributed by atoms with van der Waals surface area (Å²) in [6.07, 6.45) is 10.4. The third-order valence-corrected chi connectivity index (χ3v) is 15.5. The van der Waals surface area contributed by atoms with Gasteiger partial charge in [-0.2, -0.15) is 0 Å². The molecule has 5 amide bonds. The standard InChI is InChI=1S/C14H27NO2.C13H25NO2.C12H23NO2.C11H21NO2.C10H19NO2/c1-11(2)12-6-8-15(9-7-12)13(16)17-10-14(3,4)5;1-10(2)11-6-8-14(9-7-11)12(15)16-13(3,4)5;1-9(2)11-5-7-13(8-6-11)12(14)15-10(3)4;1-4-14-11(13)12-7-5-10(6-8-12)9(2)3;1-8(2)9-4-6-11(7-5-9)10(12)13-3/h11-12H,6-10H2,1-5H3;10-11H,6-9H2,1-5H3;9-11H,5-8H2,1-4H3;9-10H,4-8H2,1-3H3;8-9H,4-7H2,1-3H3. The quantitative estimate of drug-likeness (QED) is 0.215. The maximum Gasteiger partial charge on any atom is 0.410 e. The van der Waals surface area contributed by atoms with E-state index in [1.807, 2.05) is 61.1 Å². The van der Waals surface area contributed by atoms with Gasteiger partial charge in [0.05, 0.1) is 26.4 Å². The van der Waals surface area contributed by atoms with Gasteiger partial charge in [-0.25, -0.2) is 24.0 Å². The fourth-order valence-corrected chi connectivity index (χ4v) is 10.1. The molecule has 0 aromatic rings. The third-order valence-electron chi connectivity index (χ3n) is 15.5. The zero-order valence-electron chi connectivity index (χ0n) is 51.7. The van der Waals surface area contributed by atoms with E-state index >= 15 is 0 Å². The van der Waals surface area contributed by atoms with Crippen molar-refractivity contribution in [1.29, 1.82) is 0 Å². The highest BCUT2D eigenvalue weighted by Crippen LogP contribution is 2.29. The Hall–Kier alpha value is -3.65. The molecule has 5 rings (SSSR count). The Balaban J connectivity index is 0.000000470. The summed E-state index contributed by atoms with van der Waals surface area (Å²) >= 11 is 0. The van der Waals surface area contributed by atoms with Crippen LogP contribution in [0.3, 0.4) is 0 Å². The minimum atomic E-state index is -0.383. The summed E-state index contributed by atoms with van der Waals surface area (Å²) in [6, 6.07) is 0. The lowest BCUT2D eigenvalue weighted by atomic mass is 9.87. The molecule has 0 N–H and O–H groups in total. The SMILES string of the molecule is CC(C)C1CCN(C(=O)OC(C)(C)C)CC1.CC(C)C1CCN(C(=O)OCC(C)(C)C)CC1.CC(C)OC(=O)N1CCC(C(C)C)CC1.CCOC(=O)N1CCC(C(C)C)CC1.COC(=O)N1CCC(C(C)C)CC1. The molecule has 5 aliphatic rings. The Morgan fingerprint density at radius 3 is 0.880 bits per heavy atom. The largest absolute Gasteiger partial charge is 0.453 e. The lowest BCUT2D eigenvalue weighted by Crippen LogP contribution is -2.42. The molecule has 75 heavy (non-hydrogen) atoms. The predicted octanol–water partition coefficient (Wildman–Crippen LogP) is 14.4. The van der Waals surface area contributed by atoms with Crippen molar-refractivity contribution in [2.24, 2.45) is 64.6 Å². The molecular weight excluding hydrogens is 951 g/mol. The number of methoxy groups -OCH3 is 1. The Bertz CT molecular complexity index is 1580. The van der Waals surface area contributed by atoms with E-state index in [4.69, 9.17) is 18.9 Å². The second kappa shape index (κ2) is 35.0. The second-order valence-electron chi connectivity index (χ2n) is 26.0. The number of carbonyl (C=O) groups excluding carboxylic acids is 5. The van der Waals surface area contributed by atoms with Crippen molar-refractivity contribution in [3.8, 4) is 0 Å². The van der Waals surface area contributed by atoms with Gasteiger partial charge in [0.15, 0.2) is 0 Å². The number of hydrogen-bond acceptors (Lipinski definition) is 10. The van der Waals surface area contributed by atoms with E-state index in [2.05, 4.69) is 94.7 Å². The van der Waals surface area contributed by atoms with E-state index in [0.717, 1.165) is 189 Å². The Labute approximate surface area is 458 Å². The fourth-order valence-electron chi connectivity index (χ4n) is 10.1. The maximum absolute atomic E-state index is 11.8. The van der Waals surface area contributed by atoms with Crippen LogP contribution in [0.1, 0.15) is 196 Å². The molecule has 0 unspecified atom stereocenters. The molecule has 15 nitrogen and oxygen atoms in total. The Morgan fingerprint density at radius 1 is 0.400 bits per heavy atom. The maximum atomic E-state index is 11.8. The first kappa shape index (κ1) is 69.4. The minimum Gasteiger partial charge on any atom is -0.453 e. The van der Waals surface area contributed by atoms with Gasteiger partial charge in [-0.15, -0.1) is 0 Å². The topological polar surface area (TPSA) is 148 Å². The zero-order valence-corrected chi connectivity index (χ0v) is 51.7. The normalized spacial score (nSPS) is 18.8. The number of amides is 5. The monoisotopic (exact) mass is 1070 g/mol. The smallest absolute Gasteiger partial charge is 0.410 e. The van der Waals surface area contributed by atoms with E-state index in [9.17, 15) is 24.0 Å². The molecule has 0 aliphatic carbocycles. The summed E-state index contributed by atoms with van der Waals surface area (Å²) in [6.45, 7) is 49.6. The van der Waals surface area contributed by atoms with Crippen LogP contribution in [0, 0.1) is 64.6 Å². The fraction of sp³-hybridized carbons (Fsp3) is 0.917. The molecule has 0 bridgehead atoms. The van der Waals surface area contributed by atoms with Crippen LogP contribution in [0.2, 0.25) is 0 Å². The van der Waals surface area contributed by atoms with Gasteiger partial charge in [0.2, 0.25) is 0 Å². The van der Waals surface area contributed by atoms with Crippen LogP contribution in [0.4, 0.5) is 24.0 Å². The van der Waals surface area contributed by atoms with Crippen LogP contribution >= 0.6 is 0 Å². The third kappa shape index (κ3) is 29.1. The van der Waals surface area contributed by atoms with Gasteiger partial charge >= 0.3 is 30.5 Å². The number of nitrogens with zero attached hydrogens (tertiary/aromatic N) is 5. The molecular formula is C60H115N5O10. The Morgan fingerprint density at radius 2 is 0.653 bits per heavy atom. The van der Waals surface area contributed by atoms with Crippen molar-refractivity contribution in [2.45, 2.75) is 207 Å². The molecule has 0 aromatic carbocycles. The number of rotatable bonds is 8. The van der Waals surface area contributed by atoms with Crippen LogP contribution in [0.25, 0.3) is 0 Å². The van der Waals surface area contributed by atoms with E-state index in [-0.39, 0.29) is 47.6 Å². The predicted molar refractivity (Wildman–Crippen MR) is 304 cm³/mol. The van der Waals surface area contributed by atoms with E-state index in [1.165, 1.54) is 7.11 Å². The lowest BCUT2D eigenvalue weighted by Gasteiger charge is -2.34. The van der Waals surface area contributed by atoms with Crippen LogP contribution in [-0.4, -0.2) is 152 Å². The molecule has 0 aromatic heterocycles. The molecule has 0 spiro atoms. The summed E-state index contributed by atoms with van der Waals surface area (Å²) < 4.78 is 25.5. The summed E-state index contributed by atoms with van der Waals surface area (Å²) in [4.78, 5) is 66.9. The number of piperidine rings is 5. The molecule has 0 atom stereocenters. The summed E-state index contributed by atoms with van der Waals surface area (Å²) in [5.74, 6) is 7.51. The highest BCUT2D eigenvalue weighted by Gasteiger charge is 2.30. The minimum absolute atomic E-state index is 0.0136. The van der Waals surface area contributed by atoms with Crippen LogP contribution in [0.15, 0.2) is 0 Å². The molecule has 0 saturated carbocycles. The summed E-state index contributed by atoms with van der Waals surface area (Å²) in [5.41, 5.74) is -0.335. The molecule has 15 heteroatoms. The van der Waals surface area contributed by atoms with Crippen molar-refractivity contribution < 1.29 is 47.7 Å². The number of carbonyl (C=O) groups is 5. The van der Waals surface area contributed by atoms with Crippen molar-refractivity contribution in [2.75, 3.05) is 85.8 Å². The van der Waals surface area contributed by atoms with E-state index < -0.39 is 0 Å². The van der Waals surface area contributed by atoms with Gasteiger partial charge in [-0.05, 0) is 170 Å².